The largest absolute Gasteiger partial charge is 0.368 e. The van der Waals surface area contributed by atoms with Crippen LogP contribution in [0.2, 0.25) is 0 Å². The molecule has 1 rings (SSSR count). The molecule has 1 aliphatic rings. The SMILES string of the molecule is CCC(NCC1CCN(CC)C1)C(N)=O. The number of hydrogen-bond acceptors (Lipinski definition) is 3. The first-order valence-electron chi connectivity index (χ1n) is 5.92. The molecule has 4 nitrogen and oxygen atoms in total. The molecule has 15 heavy (non-hydrogen) atoms. The van der Waals surface area contributed by atoms with E-state index in [1.54, 1.807) is 0 Å². The van der Waals surface area contributed by atoms with Gasteiger partial charge in [-0.15, -0.1) is 0 Å². The van der Waals surface area contributed by atoms with Gasteiger partial charge in [0.1, 0.15) is 0 Å². The van der Waals surface area contributed by atoms with Crippen molar-refractivity contribution < 1.29 is 4.79 Å². The molecule has 88 valence electrons. The number of rotatable bonds is 6. The molecule has 0 spiro atoms. The standard InChI is InChI=1S/C11H23N3O/c1-3-10(11(12)15)13-7-9-5-6-14(4-2)8-9/h9-10,13H,3-8H2,1-2H3,(H2,12,15). The number of amides is 1. The van der Waals surface area contributed by atoms with Crippen LogP contribution in [-0.4, -0.2) is 43.0 Å². The molecule has 0 bridgehead atoms. The minimum Gasteiger partial charge on any atom is -0.368 e. The monoisotopic (exact) mass is 213 g/mol. The summed E-state index contributed by atoms with van der Waals surface area (Å²) in [5, 5.41) is 3.25. The van der Waals surface area contributed by atoms with E-state index in [1.807, 2.05) is 6.92 Å². The van der Waals surface area contributed by atoms with Crippen molar-refractivity contribution in [3.8, 4) is 0 Å². The Morgan fingerprint density at radius 2 is 2.33 bits per heavy atom. The van der Waals surface area contributed by atoms with Gasteiger partial charge in [0.15, 0.2) is 0 Å². The first-order chi connectivity index (χ1) is 7.17. The van der Waals surface area contributed by atoms with Gasteiger partial charge in [0.25, 0.3) is 0 Å². The van der Waals surface area contributed by atoms with Gasteiger partial charge < -0.3 is 16.0 Å². The first-order valence-corrected chi connectivity index (χ1v) is 5.92. The molecule has 0 aromatic rings. The first kappa shape index (κ1) is 12.5. The van der Waals surface area contributed by atoms with Crippen molar-refractivity contribution in [2.24, 2.45) is 11.7 Å². The normalized spacial score (nSPS) is 24.3. The summed E-state index contributed by atoms with van der Waals surface area (Å²) in [5.41, 5.74) is 5.27. The maximum Gasteiger partial charge on any atom is 0.234 e. The van der Waals surface area contributed by atoms with E-state index in [0.717, 1.165) is 26.1 Å². The number of nitrogens with zero attached hydrogens (tertiary/aromatic N) is 1. The van der Waals surface area contributed by atoms with E-state index in [2.05, 4.69) is 17.1 Å². The second-order valence-corrected chi connectivity index (χ2v) is 4.32. The van der Waals surface area contributed by atoms with Crippen molar-refractivity contribution in [2.45, 2.75) is 32.7 Å². The summed E-state index contributed by atoms with van der Waals surface area (Å²) in [6.45, 7) is 8.56. The van der Waals surface area contributed by atoms with Gasteiger partial charge in [0.05, 0.1) is 6.04 Å². The van der Waals surface area contributed by atoms with Crippen molar-refractivity contribution in [2.75, 3.05) is 26.2 Å². The second-order valence-electron chi connectivity index (χ2n) is 4.32. The number of carbonyl (C=O) groups is 1. The van der Waals surface area contributed by atoms with Gasteiger partial charge in [-0.2, -0.15) is 0 Å². The maximum absolute atomic E-state index is 11.0. The molecule has 1 saturated heterocycles. The fourth-order valence-corrected chi connectivity index (χ4v) is 2.12. The van der Waals surface area contributed by atoms with Crippen LogP contribution < -0.4 is 11.1 Å². The quantitative estimate of drug-likeness (QED) is 0.662. The Morgan fingerprint density at radius 1 is 1.60 bits per heavy atom. The zero-order valence-corrected chi connectivity index (χ0v) is 9.83. The summed E-state index contributed by atoms with van der Waals surface area (Å²) in [5.74, 6) is 0.446. The molecule has 0 aromatic heterocycles. The molecule has 0 radical (unpaired) electrons. The highest BCUT2D eigenvalue weighted by molar-refractivity contribution is 5.79. The molecule has 1 aliphatic heterocycles. The molecule has 2 unspecified atom stereocenters. The van der Waals surface area contributed by atoms with Gasteiger partial charge in [-0.05, 0) is 38.4 Å². The summed E-state index contributed by atoms with van der Waals surface area (Å²) in [4.78, 5) is 13.4. The van der Waals surface area contributed by atoms with Crippen LogP contribution in [0.15, 0.2) is 0 Å². The van der Waals surface area contributed by atoms with E-state index in [1.165, 1.54) is 13.0 Å². The Hall–Kier alpha value is -0.610. The van der Waals surface area contributed by atoms with Crippen LogP contribution >= 0.6 is 0 Å². The number of primary amides is 1. The number of carbonyl (C=O) groups excluding carboxylic acids is 1. The van der Waals surface area contributed by atoms with Crippen LogP contribution in [0.5, 0.6) is 0 Å². The summed E-state index contributed by atoms with van der Waals surface area (Å²) in [6, 6.07) is -0.152. The van der Waals surface area contributed by atoms with Gasteiger partial charge >= 0.3 is 0 Å². The zero-order chi connectivity index (χ0) is 11.3. The van der Waals surface area contributed by atoms with Crippen LogP contribution in [-0.2, 0) is 4.79 Å². The molecule has 4 heteroatoms. The highest BCUT2D eigenvalue weighted by atomic mass is 16.1. The Kier molecular flexibility index (Phi) is 5.05. The predicted octanol–water partition coefficient (Wildman–Crippen LogP) is 0.182. The van der Waals surface area contributed by atoms with Crippen LogP contribution in [0.3, 0.4) is 0 Å². The maximum atomic E-state index is 11.0. The Balaban J connectivity index is 2.22. The third-order valence-electron chi connectivity index (χ3n) is 3.22. The molecule has 3 N–H and O–H groups in total. The molecule has 2 atom stereocenters. The van der Waals surface area contributed by atoms with E-state index in [0.29, 0.717) is 5.92 Å². The lowest BCUT2D eigenvalue weighted by Gasteiger charge is -2.17. The minimum atomic E-state index is -0.233. The number of nitrogens with one attached hydrogen (secondary N) is 1. The molecule has 0 aliphatic carbocycles. The van der Waals surface area contributed by atoms with Crippen molar-refractivity contribution in [1.29, 1.82) is 0 Å². The Labute approximate surface area is 92.2 Å². The van der Waals surface area contributed by atoms with Crippen molar-refractivity contribution >= 4 is 5.91 Å². The van der Waals surface area contributed by atoms with Crippen LogP contribution in [0, 0.1) is 5.92 Å². The summed E-state index contributed by atoms with van der Waals surface area (Å²) >= 11 is 0. The fourth-order valence-electron chi connectivity index (χ4n) is 2.12. The van der Waals surface area contributed by atoms with E-state index in [4.69, 9.17) is 5.73 Å². The van der Waals surface area contributed by atoms with Gasteiger partial charge in [-0.3, -0.25) is 4.79 Å². The van der Waals surface area contributed by atoms with Gasteiger partial charge in [-0.1, -0.05) is 13.8 Å². The van der Waals surface area contributed by atoms with E-state index in [-0.39, 0.29) is 11.9 Å². The highest BCUT2D eigenvalue weighted by Gasteiger charge is 2.22. The van der Waals surface area contributed by atoms with Crippen LogP contribution in [0.4, 0.5) is 0 Å². The lowest BCUT2D eigenvalue weighted by Crippen LogP contribution is -2.43. The summed E-state index contributed by atoms with van der Waals surface area (Å²) in [7, 11) is 0. The van der Waals surface area contributed by atoms with Gasteiger partial charge in [-0.25, -0.2) is 0 Å². The molecule has 1 heterocycles. The molecular weight excluding hydrogens is 190 g/mol. The van der Waals surface area contributed by atoms with Crippen molar-refractivity contribution in [3.63, 3.8) is 0 Å². The number of hydrogen-bond donors (Lipinski definition) is 2. The van der Waals surface area contributed by atoms with Crippen LogP contribution in [0.25, 0.3) is 0 Å². The molecular formula is C11H23N3O. The third-order valence-corrected chi connectivity index (χ3v) is 3.22. The van der Waals surface area contributed by atoms with Crippen molar-refractivity contribution in [1.82, 2.24) is 10.2 Å². The van der Waals surface area contributed by atoms with Crippen molar-refractivity contribution in [3.05, 3.63) is 0 Å². The van der Waals surface area contributed by atoms with Gasteiger partial charge in [0, 0.05) is 6.54 Å². The second kappa shape index (κ2) is 6.08. The topological polar surface area (TPSA) is 58.4 Å². The lowest BCUT2D eigenvalue weighted by molar-refractivity contribution is -0.120. The third kappa shape index (κ3) is 3.80. The lowest BCUT2D eigenvalue weighted by atomic mass is 10.1. The minimum absolute atomic E-state index is 0.152. The Bertz CT molecular complexity index is 208. The predicted molar refractivity (Wildman–Crippen MR) is 61.5 cm³/mol. The van der Waals surface area contributed by atoms with E-state index in [9.17, 15) is 4.79 Å². The number of likely N-dealkylation sites (tertiary alicyclic amines) is 1. The van der Waals surface area contributed by atoms with Crippen LogP contribution in [0.1, 0.15) is 26.7 Å². The smallest absolute Gasteiger partial charge is 0.234 e. The highest BCUT2D eigenvalue weighted by Crippen LogP contribution is 2.14. The van der Waals surface area contributed by atoms with E-state index >= 15 is 0 Å². The summed E-state index contributed by atoms with van der Waals surface area (Å²) < 4.78 is 0. The zero-order valence-electron chi connectivity index (χ0n) is 9.83. The molecule has 0 aromatic carbocycles. The summed E-state index contributed by atoms with van der Waals surface area (Å²) in [6.07, 6.45) is 2.01. The Morgan fingerprint density at radius 3 is 2.80 bits per heavy atom. The molecule has 0 saturated carbocycles. The fraction of sp³-hybridized carbons (Fsp3) is 0.909. The average molecular weight is 213 g/mol. The van der Waals surface area contributed by atoms with E-state index < -0.39 is 0 Å². The van der Waals surface area contributed by atoms with Gasteiger partial charge in [0.2, 0.25) is 5.91 Å². The average Bonchev–Trinajstić information content (AvgIpc) is 2.66. The molecule has 1 amide bonds. The number of nitrogens with two attached hydrogens (primary N) is 1. The molecule has 1 fully saturated rings.